The Kier molecular flexibility index (Phi) is 5.55. The van der Waals surface area contributed by atoms with Gasteiger partial charge in [-0.05, 0) is 35.4 Å². The van der Waals surface area contributed by atoms with E-state index >= 15 is 0 Å². The number of rotatable bonds is 6. The van der Waals surface area contributed by atoms with Crippen molar-refractivity contribution in [1.82, 2.24) is 0 Å². The number of hydrogen-bond donors (Lipinski definition) is 2. The average Bonchev–Trinajstić information content (AvgIpc) is 2.54. The molecule has 2 N–H and O–H groups in total. The molecule has 0 atom stereocenters. The van der Waals surface area contributed by atoms with E-state index in [0.29, 0.717) is 6.61 Å². The van der Waals surface area contributed by atoms with Crippen molar-refractivity contribution in [1.29, 1.82) is 0 Å². The fourth-order valence-corrected chi connectivity index (χ4v) is 1.83. The molecule has 4 heteroatoms. The minimum absolute atomic E-state index is 0.00218. The smallest absolute Gasteiger partial charge is 0.226 e. The lowest BCUT2D eigenvalue weighted by molar-refractivity contribution is -0.118. The first-order valence-electron chi connectivity index (χ1n) is 7.31. The summed E-state index contributed by atoms with van der Waals surface area (Å²) in [6.45, 7) is 4.22. The van der Waals surface area contributed by atoms with Crippen LogP contribution in [0, 0.1) is 5.92 Å². The van der Waals surface area contributed by atoms with Gasteiger partial charge in [0.2, 0.25) is 5.91 Å². The second-order valence-corrected chi connectivity index (χ2v) is 5.43. The highest BCUT2D eigenvalue weighted by atomic mass is 16.5. The van der Waals surface area contributed by atoms with Crippen molar-refractivity contribution in [2.24, 2.45) is 5.92 Å². The Hall–Kier alpha value is -2.33. The zero-order valence-corrected chi connectivity index (χ0v) is 12.9. The predicted molar refractivity (Wildman–Crippen MR) is 86.6 cm³/mol. The second kappa shape index (κ2) is 7.61. The quantitative estimate of drug-likeness (QED) is 0.860. The Balaban J connectivity index is 1.89. The molecule has 4 nitrogen and oxygen atoms in total. The number of aliphatic hydroxyl groups excluding tert-OH is 1. The molecule has 0 heterocycles. The molecule has 0 aliphatic heterocycles. The zero-order chi connectivity index (χ0) is 15.9. The van der Waals surface area contributed by atoms with E-state index in [4.69, 9.17) is 9.84 Å². The SMILES string of the molecule is CC(C)C(=O)Nc1ccc(OCc2ccc(CO)cc2)cc1. The van der Waals surface area contributed by atoms with Crippen LogP contribution in [-0.2, 0) is 18.0 Å². The van der Waals surface area contributed by atoms with Crippen molar-refractivity contribution in [3.63, 3.8) is 0 Å². The van der Waals surface area contributed by atoms with Crippen molar-refractivity contribution in [3.05, 3.63) is 59.7 Å². The predicted octanol–water partition coefficient (Wildman–Crippen LogP) is 3.35. The van der Waals surface area contributed by atoms with Crippen LogP contribution in [0.15, 0.2) is 48.5 Å². The first-order valence-corrected chi connectivity index (χ1v) is 7.31. The number of aliphatic hydroxyl groups is 1. The fourth-order valence-electron chi connectivity index (χ4n) is 1.83. The largest absolute Gasteiger partial charge is 0.489 e. The Morgan fingerprint density at radius 1 is 1.05 bits per heavy atom. The zero-order valence-electron chi connectivity index (χ0n) is 12.9. The van der Waals surface area contributed by atoms with Crippen LogP contribution in [-0.4, -0.2) is 11.0 Å². The highest BCUT2D eigenvalue weighted by molar-refractivity contribution is 5.92. The lowest BCUT2D eigenvalue weighted by atomic mass is 10.1. The highest BCUT2D eigenvalue weighted by Gasteiger charge is 2.06. The monoisotopic (exact) mass is 299 g/mol. The van der Waals surface area contributed by atoms with Gasteiger partial charge in [-0.2, -0.15) is 0 Å². The normalized spacial score (nSPS) is 10.5. The fraction of sp³-hybridized carbons (Fsp3) is 0.278. The summed E-state index contributed by atoms with van der Waals surface area (Å²) in [6.07, 6.45) is 0. The second-order valence-electron chi connectivity index (χ2n) is 5.43. The highest BCUT2D eigenvalue weighted by Crippen LogP contribution is 2.18. The molecule has 116 valence electrons. The molecule has 0 aliphatic carbocycles. The molecule has 1 amide bonds. The van der Waals surface area contributed by atoms with Gasteiger partial charge in [-0.1, -0.05) is 38.1 Å². The van der Waals surface area contributed by atoms with Crippen LogP contribution in [0.3, 0.4) is 0 Å². The third kappa shape index (κ3) is 4.60. The Morgan fingerprint density at radius 2 is 1.64 bits per heavy atom. The van der Waals surface area contributed by atoms with Crippen LogP contribution in [0.5, 0.6) is 5.75 Å². The van der Waals surface area contributed by atoms with E-state index in [1.807, 2.05) is 62.4 Å². The summed E-state index contributed by atoms with van der Waals surface area (Å²) in [7, 11) is 0. The number of hydrogen-bond acceptors (Lipinski definition) is 3. The van der Waals surface area contributed by atoms with Crippen molar-refractivity contribution >= 4 is 11.6 Å². The Labute approximate surface area is 130 Å². The summed E-state index contributed by atoms with van der Waals surface area (Å²) in [4.78, 5) is 11.6. The summed E-state index contributed by atoms with van der Waals surface area (Å²) in [5.74, 6) is 0.698. The standard InChI is InChI=1S/C18H21NO3/c1-13(2)18(21)19-16-7-9-17(10-8-16)22-12-15-5-3-14(11-20)4-6-15/h3-10,13,20H,11-12H2,1-2H3,(H,19,21). The molecule has 0 spiro atoms. The molecule has 2 aromatic carbocycles. The van der Waals surface area contributed by atoms with E-state index in [9.17, 15) is 4.79 Å². The van der Waals surface area contributed by atoms with Gasteiger partial charge in [-0.15, -0.1) is 0 Å². The third-order valence-electron chi connectivity index (χ3n) is 3.26. The van der Waals surface area contributed by atoms with Crippen LogP contribution >= 0.6 is 0 Å². The van der Waals surface area contributed by atoms with Gasteiger partial charge >= 0.3 is 0 Å². The van der Waals surface area contributed by atoms with E-state index in [1.54, 1.807) is 0 Å². The minimum atomic E-state index is -0.0437. The van der Waals surface area contributed by atoms with Gasteiger partial charge in [0.05, 0.1) is 6.61 Å². The van der Waals surface area contributed by atoms with Gasteiger partial charge in [-0.25, -0.2) is 0 Å². The number of ether oxygens (including phenoxy) is 1. The summed E-state index contributed by atoms with van der Waals surface area (Å²) in [5, 5.41) is 11.8. The maximum absolute atomic E-state index is 11.6. The number of nitrogens with one attached hydrogen (secondary N) is 1. The van der Waals surface area contributed by atoms with Crippen LogP contribution in [0.1, 0.15) is 25.0 Å². The molecule has 0 aromatic heterocycles. The minimum Gasteiger partial charge on any atom is -0.489 e. The number of carbonyl (C=O) groups is 1. The van der Waals surface area contributed by atoms with E-state index < -0.39 is 0 Å². The molecule has 0 unspecified atom stereocenters. The average molecular weight is 299 g/mol. The Bertz CT molecular complexity index is 603. The molecule has 0 radical (unpaired) electrons. The summed E-state index contributed by atoms with van der Waals surface area (Å²) in [6, 6.07) is 14.9. The van der Waals surface area contributed by atoms with Gasteiger partial charge in [-0.3, -0.25) is 4.79 Å². The molecule has 2 rings (SSSR count). The Morgan fingerprint density at radius 3 is 2.18 bits per heavy atom. The van der Waals surface area contributed by atoms with Crippen molar-refractivity contribution in [2.45, 2.75) is 27.1 Å². The first-order chi connectivity index (χ1) is 10.6. The molecule has 0 fully saturated rings. The lowest BCUT2D eigenvalue weighted by Crippen LogP contribution is -2.17. The summed E-state index contributed by atoms with van der Waals surface area (Å²) in [5.41, 5.74) is 2.68. The molecular weight excluding hydrogens is 278 g/mol. The molecule has 0 saturated carbocycles. The molecular formula is C18H21NO3. The topological polar surface area (TPSA) is 58.6 Å². The number of amides is 1. The van der Waals surface area contributed by atoms with Crippen LogP contribution in [0.4, 0.5) is 5.69 Å². The first kappa shape index (κ1) is 16.0. The van der Waals surface area contributed by atoms with Crippen molar-refractivity contribution in [2.75, 3.05) is 5.32 Å². The van der Waals surface area contributed by atoms with Crippen LogP contribution in [0.25, 0.3) is 0 Å². The van der Waals surface area contributed by atoms with Gasteiger partial charge in [0.15, 0.2) is 0 Å². The molecule has 0 aliphatic rings. The molecule has 0 saturated heterocycles. The van der Waals surface area contributed by atoms with Crippen LogP contribution < -0.4 is 10.1 Å². The number of carbonyl (C=O) groups excluding carboxylic acids is 1. The van der Waals surface area contributed by atoms with Crippen molar-refractivity contribution in [3.8, 4) is 5.75 Å². The summed E-state index contributed by atoms with van der Waals surface area (Å²) < 4.78 is 5.70. The van der Waals surface area contributed by atoms with E-state index in [0.717, 1.165) is 22.6 Å². The van der Waals surface area contributed by atoms with Gasteiger partial charge in [0.1, 0.15) is 12.4 Å². The third-order valence-corrected chi connectivity index (χ3v) is 3.26. The van der Waals surface area contributed by atoms with Gasteiger partial charge in [0, 0.05) is 11.6 Å². The van der Waals surface area contributed by atoms with E-state index in [2.05, 4.69) is 5.32 Å². The van der Waals surface area contributed by atoms with E-state index in [1.165, 1.54) is 0 Å². The molecule has 22 heavy (non-hydrogen) atoms. The van der Waals surface area contributed by atoms with E-state index in [-0.39, 0.29) is 18.4 Å². The molecule has 2 aromatic rings. The maximum atomic E-state index is 11.6. The van der Waals surface area contributed by atoms with Crippen molar-refractivity contribution < 1.29 is 14.6 Å². The van der Waals surface area contributed by atoms with Gasteiger partial charge < -0.3 is 15.2 Å². The summed E-state index contributed by atoms with van der Waals surface area (Å²) >= 11 is 0. The molecule has 0 bridgehead atoms. The van der Waals surface area contributed by atoms with Gasteiger partial charge in [0.25, 0.3) is 0 Å². The number of anilines is 1. The lowest BCUT2D eigenvalue weighted by Gasteiger charge is -2.10. The maximum Gasteiger partial charge on any atom is 0.226 e. The number of benzene rings is 2. The van der Waals surface area contributed by atoms with Crippen LogP contribution in [0.2, 0.25) is 0 Å².